The summed E-state index contributed by atoms with van der Waals surface area (Å²) in [7, 11) is 0. The topological polar surface area (TPSA) is 46.2 Å². The van der Waals surface area contributed by atoms with E-state index in [4.69, 9.17) is 5.73 Å². The molecule has 0 rings (SSSR count). The number of hydrogen-bond donors (Lipinski definition) is 2. The first-order valence-electron chi connectivity index (χ1n) is 5.00. The average molecular weight is 173 g/mol. The molecule has 0 fully saturated rings. The third kappa shape index (κ3) is 3.55. The number of rotatable bonds is 6. The Hall–Kier alpha value is -0.0800. The summed E-state index contributed by atoms with van der Waals surface area (Å²) in [5, 5.41) is 10.0. The molecule has 0 heterocycles. The standard InChI is InChI=1S/C10H23NO/c1-4-6-9(8-11)10(3,12)7-5-2/h9,12H,4-8,11H2,1-3H3. The van der Waals surface area contributed by atoms with Gasteiger partial charge in [0.2, 0.25) is 0 Å². The van der Waals surface area contributed by atoms with Crippen molar-refractivity contribution in [1.82, 2.24) is 0 Å². The summed E-state index contributed by atoms with van der Waals surface area (Å²) in [6.45, 7) is 6.73. The van der Waals surface area contributed by atoms with Crippen molar-refractivity contribution >= 4 is 0 Å². The first-order valence-corrected chi connectivity index (χ1v) is 5.00. The molecule has 2 nitrogen and oxygen atoms in total. The van der Waals surface area contributed by atoms with Gasteiger partial charge in [-0.15, -0.1) is 0 Å². The molecule has 0 bridgehead atoms. The van der Waals surface area contributed by atoms with Crippen molar-refractivity contribution in [3.63, 3.8) is 0 Å². The lowest BCUT2D eigenvalue weighted by molar-refractivity contribution is -0.00962. The first kappa shape index (κ1) is 11.9. The van der Waals surface area contributed by atoms with Gasteiger partial charge in [-0.05, 0) is 32.2 Å². The van der Waals surface area contributed by atoms with Crippen molar-refractivity contribution in [2.45, 2.75) is 52.1 Å². The molecule has 0 aromatic carbocycles. The minimum atomic E-state index is -0.556. The Kier molecular flexibility index (Phi) is 5.51. The van der Waals surface area contributed by atoms with Crippen LogP contribution in [0.25, 0.3) is 0 Å². The maximum absolute atomic E-state index is 10.0. The number of nitrogens with two attached hydrogens (primary N) is 1. The van der Waals surface area contributed by atoms with E-state index in [1.54, 1.807) is 0 Å². The molecular formula is C10H23NO. The van der Waals surface area contributed by atoms with Crippen LogP contribution in [0.3, 0.4) is 0 Å². The summed E-state index contributed by atoms with van der Waals surface area (Å²) in [5.41, 5.74) is 5.06. The lowest BCUT2D eigenvalue weighted by Gasteiger charge is -2.31. The second kappa shape index (κ2) is 5.55. The molecule has 74 valence electrons. The van der Waals surface area contributed by atoms with Gasteiger partial charge in [-0.2, -0.15) is 0 Å². The third-order valence-corrected chi connectivity index (χ3v) is 2.56. The van der Waals surface area contributed by atoms with Crippen LogP contribution in [0.1, 0.15) is 46.5 Å². The summed E-state index contributed by atoms with van der Waals surface area (Å²) in [6.07, 6.45) is 4.01. The van der Waals surface area contributed by atoms with Crippen LogP contribution in [0.4, 0.5) is 0 Å². The summed E-state index contributed by atoms with van der Waals surface area (Å²) < 4.78 is 0. The van der Waals surface area contributed by atoms with E-state index in [2.05, 4.69) is 13.8 Å². The van der Waals surface area contributed by atoms with E-state index in [1.165, 1.54) is 0 Å². The molecule has 0 amide bonds. The van der Waals surface area contributed by atoms with Crippen molar-refractivity contribution < 1.29 is 5.11 Å². The Morgan fingerprint density at radius 3 is 2.25 bits per heavy atom. The molecule has 0 radical (unpaired) electrons. The van der Waals surface area contributed by atoms with E-state index in [9.17, 15) is 5.11 Å². The molecule has 0 aromatic heterocycles. The fourth-order valence-electron chi connectivity index (χ4n) is 1.74. The molecule has 0 aliphatic heterocycles. The fourth-order valence-corrected chi connectivity index (χ4v) is 1.74. The SMILES string of the molecule is CCCC(CN)C(C)(O)CCC. The van der Waals surface area contributed by atoms with Crippen LogP contribution in [0, 0.1) is 5.92 Å². The highest BCUT2D eigenvalue weighted by atomic mass is 16.3. The van der Waals surface area contributed by atoms with E-state index in [0.29, 0.717) is 6.54 Å². The smallest absolute Gasteiger partial charge is 0.0659 e. The van der Waals surface area contributed by atoms with Crippen LogP contribution >= 0.6 is 0 Å². The maximum atomic E-state index is 10.0. The Morgan fingerprint density at radius 1 is 1.33 bits per heavy atom. The van der Waals surface area contributed by atoms with Gasteiger partial charge >= 0.3 is 0 Å². The van der Waals surface area contributed by atoms with Crippen molar-refractivity contribution in [3.05, 3.63) is 0 Å². The third-order valence-electron chi connectivity index (χ3n) is 2.56. The molecular weight excluding hydrogens is 150 g/mol. The molecule has 0 aromatic rings. The number of aliphatic hydroxyl groups is 1. The molecule has 3 N–H and O–H groups in total. The molecule has 0 aliphatic carbocycles. The predicted molar refractivity (Wildman–Crippen MR) is 53.0 cm³/mol. The second-order valence-electron chi connectivity index (χ2n) is 3.83. The molecule has 2 unspecified atom stereocenters. The van der Waals surface area contributed by atoms with Crippen molar-refractivity contribution in [2.75, 3.05) is 6.54 Å². The first-order chi connectivity index (χ1) is 5.58. The Labute approximate surface area is 76.2 Å². The maximum Gasteiger partial charge on any atom is 0.0659 e. The average Bonchev–Trinajstić information content (AvgIpc) is 1.99. The van der Waals surface area contributed by atoms with Crippen LogP contribution in [0.5, 0.6) is 0 Å². The quantitative estimate of drug-likeness (QED) is 0.644. The zero-order valence-corrected chi connectivity index (χ0v) is 8.64. The van der Waals surface area contributed by atoms with E-state index in [0.717, 1.165) is 25.7 Å². The molecule has 0 spiro atoms. The summed E-state index contributed by atoms with van der Waals surface area (Å²) in [6, 6.07) is 0. The van der Waals surface area contributed by atoms with Gasteiger partial charge in [0.1, 0.15) is 0 Å². The molecule has 0 saturated carbocycles. The van der Waals surface area contributed by atoms with E-state index < -0.39 is 5.60 Å². The lowest BCUT2D eigenvalue weighted by atomic mass is 9.82. The normalized spacial score (nSPS) is 18.8. The number of hydrogen-bond acceptors (Lipinski definition) is 2. The zero-order valence-electron chi connectivity index (χ0n) is 8.64. The highest BCUT2D eigenvalue weighted by Gasteiger charge is 2.28. The minimum absolute atomic E-state index is 0.266. The van der Waals surface area contributed by atoms with Gasteiger partial charge < -0.3 is 10.8 Å². The molecule has 0 saturated heterocycles. The second-order valence-corrected chi connectivity index (χ2v) is 3.83. The lowest BCUT2D eigenvalue weighted by Crippen LogP contribution is -2.39. The summed E-state index contributed by atoms with van der Waals surface area (Å²) in [5.74, 6) is 0.266. The largest absolute Gasteiger partial charge is 0.390 e. The van der Waals surface area contributed by atoms with Crippen molar-refractivity contribution in [3.8, 4) is 0 Å². The van der Waals surface area contributed by atoms with E-state index >= 15 is 0 Å². The molecule has 2 atom stereocenters. The van der Waals surface area contributed by atoms with Crippen LogP contribution in [-0.2, 0) is 0 Å². The van der Waals surface area contributed by atoms with Gasteiger partial charge in [0.05, 0.1) is 5.60 Å². The zero-order chi connectivity index (χ0) is 9.61. The van der Waals surface area contributed by atoms with E-state index in [-0.39, 0.29) is 5.92 Å². The van der Waals surface area contributed by atoms with Crippen molar-refractivity contribution in [1.29, 1.82) is 0 Å². The van der Waals surface area contributed by atoms with Crippen LogP contribution in [0.2, 0.25) is 0 Å². The van der Waals surface area contributed by atoms with Crippen molar-refractivity contribution in [2.24, 2.45) is 11.7 Å². The highest BCUT2D eigenvalue weighted by molar-refractivity contribution is 4.81. The fraction of sp³-hybridized carbons (Fsp3) is 1.00. The minimum Gasteiger partial charge on any atom is -0.390 e. The van der Waals surface area contributed by atoms with Gasteiger partial charge in [0.15, 0.2) is 0 Å². The van der Waals surface area contributed by atoms with Crippen LogP contribution < -0.4 is 5.73 Å². The monoisotopic (exact) mass is 173 g/mol. The Bertz CT molecular complexity index is 112. The van der Waals surface area contributed by atoms with Gasteiger partial charge in [-0.25, -0.2) is 0 Å². The Morgan fingerprint density at radius 2 is 1.92 bits per heavy atom. The predicted octanol–water partition coefficient (Wildman–Crippen LogP) is 1.91. The highest BCUT2D eigenvalue weighted by Crippen LogP contribution is 2.25. The Balaban J connectivity index is 4.05. The summed E-state index contributed by atoms with van der Waals surface area (Å²) >= 11 is 0. The van der Waals surface area contributed by atoms with Crippen LogP contribution in [-0.4, -0.2) is 17.3 Å². The molecule has 2 heteroatoms. The molecule has 0 aliphatic rings. The van der Waals surface area contributed by atoms with Gasteiger partial charge in [-0.1, -0.05) is 26.7 Å². The van der Waals surface area contributed by atoms with E-state index in [1.807, 2.05) is 6.92 Å². The van der Waals surface area contributed by atoms with Gasteiger partial charge in [0.25, 0.3) is 0 Å². The van der Waals surface area contributed by atoms with Gasteiger partial charge in [0, 0.05) is 0 Å². The van der Waals surface area contributed by atoms with Gasteiger partial charge in [-0.3, -0.25) is 0 Å². The molecule has 12 heavy (non-hydrogen) atoms. The van der Waals surface area contributed by atoms with Crippen LogP contribution in [0.15, 0.2) is 0 Å². The summed E-state index contributed by atoms with van der Waals surface area (Å²) in [4.78, 5) is 0.